The summed E-state index contributed by atoms with van der Waals surface area (Å²) >= 11 is 0. The molecule has 1 atom stereocenters. The van der Waals surface area contributed by atoms with Crippen LogP contribution in [0.5, 0.6) is 0 Å². The van der Waals surface area contributed by atoms with E-state index in [-0.39, 0.29) is 11.3 Å². The Kier molecular flexibility index (Phi) is 5.11. The van der Waals surface area contributed by atoms with Gasteiger partial charge in [0.05, 0.1) is 6.07 Å². The van der Waals surface area contributed by atoms with E-state index in [1.165, 1.54) is 0 Å². The van der Waals surface area contributed by atoms with E-state index in [0.717, 1.165) is 17.7 Å². The van der Waals surface area contributed by atoms with Crippen LogP contribution in [0.4, 0.5) is 5.69 Å². The maximum Gasteiger partial charge on any atom is 0.241 e. The summed E-state index contributed by atoms with van der Waals surface area (Å²) in [4.78, 5) is 12.1. The second-order valence-electron chi connectivity index (χ2n) is 5.76. The molecule has 0 aliphatic carbocycles. The third-order valence-corrected chi connectivity index (χ3v) is 3.04. The SMILES string of the molecule is CCCC(C#N)C(=O)Nc1ccccc1C(C)(C)C. The van der Waals surface area contributed by atoms with Gasteiger partial charge in [0, 0.05) is 5.69 Å². The Labute approximate surface area is 115 Å². The van der Waals surface area contributed by atoms with Crippen LogP contribution >= 0.6 is 0 Å². The summed E-state index contributed by atoms with van der Waals surface area (Å²) in [6.45, 7) is 8.28. The second kappa shape index (κ2) is 6.38. The van der Waals surface area contributed by atoms with Crippen molar-refractivity contribution in [3.63, 3.8) is 0 Å². The van der Waals surface area contributed by atoms with Gasteiger partial charge < -0.3 is 5.32 Å². The van der Waals surface area contributed by atoms with Gasteiger partial charge in [-0.05, 0) is 23.5 Å². The molecule has 1 unspecified atom stereocenters. The third kappa shape index (κ3) is 4.10. The van der Waals surface area contributed by atoms with Gasteiger partial charge in [0.15, 0.2) is 0 Å². The van der Waals surface area contributed by atoms with E-state index in [1.54, 1.807) is 0 Å². The summed E-state index contributed by atoms with van der Waals surface area (Å²) in [7, 11) is 0. The minimum atomic E-state index is -0.571. The van der Waals surface area contributed by atoms with Crippen molar-refractivity contribution < 1.29 is 4.79 Å². The highest BCUT2D eigenvalue weighted by Gasteiger charge is 2.21. The first-order valence-corrected chi connectivity index (χ1v) is 6.70. The lowest BCUT2D eigenvalue weighted by Crippen LogP contribution is -2.24. The lowest BCUT2D eigenvalue weighted by atomic mass is 9.85. The first kappa shape index (κ1) is 15.2. The number of hydrogen-bond acceptors (Lipinski definition) is 2. The normalized spacial score (nSPS) is 12.6. The average molecular weight is 258 g/mol. The molecule has 1 aromatic carbocycles. The van der Waals surface area contributed by atoms with Crippen molar-refractivity contribution >= 4 is 11.6 Å². The standard InChI is InChI=1S/C16H22N2O/c1-5-8-12(11-17)15(19)18-14-10-7-6-9-13(14)16(2,3)4/h6-7,9-10,12H,5,8H2,1-4H3,(H,18,19). The van der Waals surface area contributed by atoms with Gasteiger partial charge in [0.25, 0.3) is 0 Å². The van der Waals surface area contributed by atoms with Crippen molar-refractivity contribution in [2.45, 2.75) is 46.0 Å². The number of nitrogens with zero attached hydrogens (tertiary/aromatic N) is 1. The fraction of sp³-hybridized carbons (Fsp3) is 0.500. The van der Waals surface area contributed by atoms with Crippen LogP contribution in [0.15, 0.2) is 24.3 Å². The molecule has 0 saturated carbocycles. The summed E-state index contributed by atoms with van der Waals surface area (Å²) in [6.07, 6.45) is 1.42. The molecule has 0 saturated heterocycles. The molecule has 0 bridgehead atoms. The van der Waals surface area contributed by atoms with Crippen LogP contribution < -0.4 is 5.32 Å². The first-order chi connectivity index (χ1) is 8.90. The molecule has 0 fully saturated rings. The highest BCUT2D eigenvalue weighted by molar-refractivity contribution is 5.94. The van der Waals surface area contributed by atoms with Gasteiger partial charge in [-0.1, -0.05) is 52.3 Å². The van der Waals surface area contributed by atoms with Crippen molar-refractivity contribution in [2.24, 2.45) is 5.92 Å². The molecule has 19 heavy (non-hydrogen) atoms. The molecule has 0 aromatic heterocycles. The van der Waals surface area contributed by atoms with E-state index >= 15 is 0 Å². The Bertz CT molecular complexity index is 480. The van der Waals surface area contributed by atoms with Crippen LogP contribution in [-0.4, -0.2) is 5.91 Å². The number of anilines is 1. The molecule has 0 heterocycles. The monoisotopic (exact) mass is 258 g/mol. The summed E-state index contributed by atoms with van der Waals surface area (Å²) in [6, 6.07) is 9.82. The van der Waals surface area contributed by atoms with Gasteiger partial charge in [-0.3, -0.25) is 4.79 Å². The fourth-order valence-corrected chi connectivity index (χ4v) is 2.01. The van der Waals surface area contributed by atoms with Crippen molar-refractivity contribution in [1.29, 1.82) is 5.26 Å². The molecule has 1 rings (SSSR count). The van der Waals surface area contributed by atoms with Crippen LogP contribution in [0.25, 0.3) is 0 Å². The number of amides is 1. The first-order valence-electron chi connectivity index (χ1n) is 6.70. The average Bonchev–Trinajstić information content (AvgIpc) is 2.35. The van der Waals surface area contributed by atoms with Gasteiger partial charge in [-0.2, -0.15) is 5.26 Å². The van der Waals surface area contributed by atoms with Gasteiger partial charge >= 0.3 is 0 Å². The van der Waals surface area contributed by atoms with Crippen LogP contribution in [-0.2, 0) is 10.2 Å². The second-order valence-corrected chi connectivity index (χ2v) is 5.76. The summed E-state index contributed by atoms with van der Waals surface area (Å²) in [5, 5.41) is 11.9. The highest BCUT2D eigenvalue weighted by atomic mass is 16.1. The topological polar surface area (TPSA) is 52.9 Å². The molecule has 1 amide bonds. The van der Waals surface area contributed by atoms with Gasteiger partial charge in [-0.25, -0.2) is 0 Å². The Morgan fingerprint density at radius 3 is 2.53 bits per heavy atom. The van der Waals surface area contributed by atoms with E-state index < -0.39 is 5.92 Å². The maximum atomic E-state index is 12.1. The minimum Gasteiger partial charge on any atom is -0.325 e. The summed E-state index contributed by atoms with van der Waals surface area (Å²) < 4.78 is 0. The number of benzene rings is 1. The largest absolute Gasteiger partial charge is 0.325 e. The van der Waals surface area contributed by atoms with Crippen molar-refractivity contribution in [3.8, 4) is 6.07 Å². The predicted octanol–water partition coefficient (Wildman–Crippen LogP) is 3.86. The van der Waals surface area contributed by atoms with E-state index in [4.69, 9.17) is 5.26 Å². The van der Waals surface area contributed by atoms with Crippen molar-refractivity contribution in [2.75, 3.05) is 5.32 Å². The maximum absolute atomic E-state index is 12.1. The molecule has 0 aliphatic rings. The Morgan fingerprint density at radius 2 is 2.00 bits per heavy atom. The van der Waals surface area contributed by atoms with Crippen molar-refractivity contribution in [3.05, 3.63) is 29.8 Å². The zero-order valence-electron chi connectivity index (χ0n) is 12.2. The highest BCUT2D eigenvalue weighted by Crippen LogP contribution is 2.29. The van der Waals surface area contributed by atoms with Crippen LogP contribution in [0, 0.1) is 17.2 Å². The Morgan fingerprint density at radius 1 is 1.37 bits per heavy atom. The molecule has 0 spiro atoms. The molecule has 0 radical (unpaired) electrons. The number of para-hydroxylation sites is 1. The molecule has 0 aliphatic heterocycles. The number of carbonyl (C=O) groups is 1. The van der Waals surface area contributed by atoms with E-state index in [0.29, 0.717) is 6.42 Å². The lowest BCUT2D eigenvalue weighted by molar-refractivity contribution is -0.118. The molecular weight excluding hydrogens is 236 g/mol. The number of carbonyl (C=O) groups excluding carboxylic acids is 1. The van der Waals surface area contributed by atoms with Crippen LogP contribution in [0.3, 0.4) is 0 Å². The molecule has 1 aromatic rings. The van der Waals surface area contributed by atoms with E-state index in [1.807, 2.05) is 31.2 Å². The van der Waals surface area contributed by atoms with Gasteiger partial charge in [0.1, 0.15) is 5.92 Å². The molecule has 102 valence electrons. The molecule has 3 nitrogen and oxygen atoms in total. The van der Waals surface area contributed by atoms with Crippen LogP contribution in [0.2, 0.25) is 0 Å². The minimum absolute atomic E-state index is 0.0449. The number of hydrogen-bond donors (Lipinski definition) is 1. The van der Waals surface area contributed by atoms with Crippen LogP contribution in [0.1, 0.15) is 46.1 Å². The Balaban J connectivity index is 2.95. The Hall–Kier alpha value is -1.82. The fourth-order valence-electron chi connectivity index (χ4n) is 2.01. The lowest BCUT2D eigenvalue weighted by Gasteiger charge is -2.23. The zero-order valence-corrected chi connectivity index (χ0v) is 12.2. The van der Waals surface area contributed by atoms with Gasteiger partial charge in [0.2, 0.25) is 5.91 Å². The summed E-state index contributed by atoms with van der Waals surface area (Å²) in [5.74, 6) is -0.779. The van der Waals surface area contributed by atoms with E-state index in [2.05, 4.69) is 32.2 Å². The van der Waals surface area contributed by atoms with E-state index in [9.17, 15) is 4.79 Å². The molecule has 1 N–H and O–H groups in total. The smallest absolute Gasteiger partial charge is 0.241 e. The third-order valence-electron chi connectivity index (χ3n) is 3.04. The molecular formula is C16H22N2O. The predicted molar refractivity (Wildman–Crippen MR) is 77.8 cm³/mol. The molecule has 3 heteroatoms. The zero-order chi connectivity index (χ0) is 14.5. The van der Waals surface area contributed by atoms with Gasteiger partial charge in [-0.15, -0.1) is 0 Å². The number of nitrogens with one attached hydrogen (secondary N) is 1. The quantitative estimate of drug-likeness (QED) is 0.891. The number of nitriles is 1. The van der Waals surface area contributed by atoms with Crippen molar-refractivity contribution in [1.82, 2.24) is 0 Å². The number of rotatable bonds is 4. The summed E-state index contributed by atoms with van der Waals surface area (Å²) in [5.41, 5.74) is 1.84.